The smallest absolute Gasteiger partial charge is 0.338 e. The maximum atomic E-state index is 12.1. The van der Waals surface area contributed by atoms with Crippen LogP contribution in [0.4, 0.5) is 11.4 Å². The Balaban J connectivity index is 1.96. The Bertz CT molecular complexity index is 879. The van der Waals surface area contributed by atoms with Crippen molar-refractivity contribution in [3.05, 3.63) is 58.1 Å². The summed E-state index contributed by atoms with van der Waals surface area (Å²) in [6, 6.07) is 10.3. The number of amides is 1. The first-order valence-corrected chi connectivity index (χ1v) is 8.95. The molecule has 0 unspecified atom stereocenters. The van der Waals surface area contributed by atoms with E-state index in [1.165, 1.54) is 42.5 Å². The Labute approximate surface area is 167 Å². The van der Waals surface area contributed by atoms with E-state index < -0.39 is 16.8 Å². The number of benzene rings is 2. The highest BCUT2D eigenvalue weighted by atomic mass is 16.6. The molecule has 9 nitrogen and oxygen atoms in total. The molecule has 0 bridgehead atoms. The van der Waals surface area contributed by atoms with Crippen LogP contribution in [0.15, 0.2) is 42.5 Å². The summed E-state index contributed by atoms with van der Waals surface area (Å²) < 4.78 is 15.7. The quantitative estimate of drug-likeness (QED) is 0.387. The van der Waals surface area contributed by atoms with E-state index in [9.17, 15) is 19.7 Å². The van der Waals surface area contributed by atoms with Gasteiger partial charge in [-0.05, 0) is 57.2 Å². The fourth-order valence-corrected chi connectivity index (χ4v) is 2.33. The first kappa shape index (κ1) is 21.7. The molecule has 0 fully saturated rings. The second-order valence-corrected chi connectivity index (χ2v) is 6.18. The van der Waals surface area contributed by atoms with Crippen LogP contribution < -0.4 is 14.8 Å². The Morgan fingerprint density at radius 1 is 1.07 bits per heavy atom. The average Bonchev–Trinajstić information content (AvgIpc) is 2.67. The van der Waals surface area contributed by atoms with Gasteiger partial charge >= 0.3 is 5.97 Å². The summed E-state index contributed by atoms with van der Waals surface area (Å²) in [7, 11) is 0. The fraction of sp³-hybridized carbons (Fsp3) is 0.300. The molecular formula is C20H22N2O7. The van der Waals surface area contributed by atoms with Crippen LogP contribution in [-0.2, 0) is 9.53 Å². The van der Waals surface area contributed by atoms with Gasteiger partial charge in [0.05, 0.1) is 29.3 Å². The molecule has 0 heterocycles. The Morgan fingerprint density at radius 3 is 2.31 bits per heavy atom. The topological polar surface area (TPSA) is 117 Å². The minimum absolute atomic E-state index is 0.0406. The lowest BCUT2D eigenvalue weighted by Gasteiger charge is -2.10. The molecule has 0 atom stereocenters. The second-order valence-electron chi connectivity index (χ2n) is 6.18. The summed E-state index contributed by atoms with van der Waals surface area (Å²) in [5.41, 5.74) is 0.122. The summed E-state index contributed by atoms with van der Waals surface area (Å²) in [6.07, 6.45) is -0.228. The highest BCUT2D eigenvalue weighted by molar-refractivity contribution is 5.94. The zero-order chi connectivity index (χ0) is 21.4. The fourth-order valence-electron chi connectivity index (χ4n) is 2.33. The van der Waals surface area contributed by atoms with Gasteiger partial charge in [-0.3, -0.25) is 14.9 Å². The van der Waals surface area contributed by atoms with Crippen LogP contribution in [0.2, 0.25) is 0 Å². The van der Waals surface area contributed by atoms with E-state index in [1.807, 2.05) is 0 Å². The molecule has 9 heteroatoms. The minimum atomic E-state index is -0.603. The number of carbonyl (C=O) groups is 2. The van der Waals surface area contributed by atoms with E-state index in [-0.39, 0.29) is 24.1 Å². The monoisotopic (exact) mass is 402 g/mol. The molecule has 0 aromatic heterocycles. The largest absolute Gasteiger partial charge is 0.494 e. The van der Waals surface area contributed by atoms with E-state index in [1.54, 1.807) is 20.8 Å². The third kappa shape index (κ3) is 6.49. The van der Waals surface area contributed by atoms with Gasteiger partial charge in [0, 0.05) is 0 Å². The molecule has 0 radical (unpaired) electrons. The molecule has 0 aliphatic carbocycles. The summed E-state index contributed by atoms with van der Waals surface area (Å²) in [4.78, 5) is 34.5. The van der Waals surface area contributed by atoms with E-state index in [0.29, 0.717) is 23.7 Å². The number of nitro groups is 1. The maximum absolute atomic E-state index is 12.1. The molecule has 0 saturated heterocycles. The van der Waals surface area contributed by atoms with Crippen LogP contribution in [-0.4, -0.2) is 36.1 Å². The lowest BCUT2D eigenvalue weighted by molar-refractivity contribution is -0.384. The molecule has 1 N–H and O–H groups in total. The second kappa shape index (κ2) is 10.1. The summed E-state index contributed by atoms with van der Waals surface area (Å²) >= 11 is 0. The van der Waals surface area contributed by atoms with Gasteiger partial charge in [-0.15, -0.1) is 0 Å². The van der Waals surface area contributed by atoms with Gasteiger partial charge in [-0.25, -0.2) is 4.79 Å². The van der Waals surface area contributed by atoms with Gasteiger partial charge in [0.1, 0.15) is 17.2 Å². The Kier molecular flexibility index (Phi) is 7.53. The van der Waals surface area contributed by atoms with Crippen LogP contribution in [0, 0.1) is 10.1 Å². The zero-order valence-electron chi connectivity index (χ0n) is 16.3. The number of rotatable bonds is 9. The van der Waals surface area contributed by atoms with Crippen molar-refractivity contribution in [3.63, 3.8) is 0 Å². The average molecular weight is 402 g/mol. The van der Waals surface area contributed by atoms with Crippen molar-refractivity contribution in [3.8, 4) is 11.5 Å². The van der Waals surface area contributed by atoms with E-state index >= 15 is 0 Å². The van der Waals surface area contributed by atoms with E-state index in [0.717, 1.165) is 0 Å². The standard InChI is InChI=1S/C20H22N2O7/c1-4-27-16-9-10-17(18(11-16)22(25)26)21-19(23)12-28-15-7-5-14(6-8-15)20(24)29-13(2)3/h5-11,13H,4,12H2,1-3H3,(H,21,23). The van der Waals surface area contributed by atoms with Crippen molar-refractivity contribution in [2.75, 3.05) is 18.5 Å². The Hall–Kier alpha value is -3.62. The first-order valence-electron chi connectivity index (χ1n) is 8.95. The number of hydrogen-bond acceptors (Lipinski definition) is 7. The first-order chi connectivity index (χ1) is 13.8. The molecule has 0 aliphatic rings. The SMILES string of the molecule is CCOc1ccc(NC(=O)COc2ccc(C(=O)OC(C)C)cc2)c([N+](=O)[O-])c1. The molecule has 29 heavy (non-hydrogen) atoms. The van der Waals surface area contributed by atoms with E-state index in [2.05, 4.69) is 5.32 Å². The van der Waals surface area contributed by atoms with Crippen molar-refractivity contribution in [1.29, 1.82) is 0 Å². The number of nitro benzene ring substituents is 1. The number of anilines is 1. The predicted molar refractivity (Wildman–Crippen MR) is 105 cm³/mol. The highest BCUT2D eigenvalue weighted by Gasteiger charge is 2.18. The van der Waals surface area contributed by atoms with Gasteiger partial charge in [0.15, 0.2) is 6.61 Å². The zero-order valence-corrected chi connectivity index (χ0v) is 16.3. The molecule has 2 aromatic carbocycles. The molecule has 2 aromatic rings. The van der Waals surface area contributed by atoms with Crippen LogP contribution in [0.1, 0.15) is 31.1 Å². The van der Waals surface area contributed by atoms with Gasteiger partial charge in [0.25, 0.3) is 11.6 Å². The highest BCUT2D eigenvalue weighted by Crippen LogP contribution is 2.29. The number of nitrogens with one attached hydrogen (secondary N) is 1. The molecule has 0 saturated carbocycles. The Morgan fingerprint density at radius 2 is 1.72 bits per heavy atom. The minimum Gasteiger partial charge on any atom is -0.494 e. The maximum Gasteiger partial charge on any atom is 0.338 e. The summed E-state index contributed by atoms with van der Waals surface area (Å²) in [5.74, 6) is -0.320. The number of hydrogen-bond donors (Lipinski definition) is 1. The van der Waals surface area contributed by atoms with Crippen LogP contribution in [0.25, 0.3) is 0 Å². The van der Waals surface area contributed by atoms with Crippen molar-refractivity contribution < 1.29 is 28.7 Å². The van der Waals surface area contributed by atoms with Crippen LogP contribution in [0.5, 0.6) is 11.5 Å². The normalized spacial score (nSPS) is 10.3. The van der Waals surface area contributed by atoms with Crippen LogP contribution in [0.3, 0.4) is 0 Å². The molecular weight excluding hydrogens is 380 g/mol. The van der Waals surface area contributed by atoms with Gasteiger partial charge in [-0.2, -0.15) is 0 Å². The number of esters is 1. The number of nitrogens with zero attached hydrogens (tertiary/aromatic N) is 1. The van der Waals surface area contributed by atoms with Crippen molar-refractivity contribution in [2.45, 2.75) is 26.9 Å². The number of carbonyl (C=O) groups excluding carboxylic acids is 2. The van der Waals surface area contributed by atoms with Gasteiger partial charge < -0.3 is 19.5 Å². The van der Waals surface area contributed by atoms with Crippen molar-refractivity contribution in [1.82, 2.24) is 0 Å². The summed E-state index contributed by atoms with van der Waals surface area (Å²) in [5, 5.41) is 13.7. The lowest BCUT2D eigenvalue weighted by Crippen LogP contribution is -2.20. The van der Waals surface area contributed by atoms with Crippen LogP contribution >= 0.6 is 0 Å². The molecule has 2 rings (SSSR count). The third-order valence-corrected chi connectivity index (χ3v) is 3.55. The predicted octanol–water partition coefficient (Wildman–Crippen LogP) is 3.58. The van der Waals surface area contributed by atoms with Gasteiger partial charge in [0.2, 0.25) is 0 Å². The van der Waals surface area contributed by atoms with Crippen molar-refractivity contribution >= 4 is 23.3 Å². The molecule has 154 valence electrons. The number of ether oxygens (including phenoxy) is 3. The third-order valence-electron chi connectivity index (χ3n) is 3.55. The molecule has 0 aliphatic heterocycles. The van der Waals surface area contributed by atoms with Gasteiger partial charge in [-0.1, -0.05) is 0 Å². The van der Waals surface area contributed by atoms with Crippen molar-refractivity contribution in [2.24, 2.45) is 0 Å². The lowest BCUT2D eigenvalue weighted by atomic mass is 10.2. The molecule has 0 spiro atoms. The summed E-state index contributed by atoms with van der Waals surface area (Å²) in [6.45, 7) is 5.27. The molecule has 1 amide bonds. The van der Waals surface area contributed by atoms with E-state index in [4.69, 9.17) is 14.2 Å².